The highest BCUT2D eigenvalue weighted by molar-refractivity contribution is 5.98. The van der Waals surface area contributed by atoms with E-state index in [1.54, 1.807) is 47.6 Å². The second-order valence-corrected chi connectivity index (χ2v) is 14.9. The number of allylic oxidation sites excluding steroid dienone is 1. The molecule has 0 aromatic heterocycles. The van der Waals surface area contributed by atoms with E-state index in [4.69, 9.17) is 4.74 Å². The van der Waals surface area contributed by atoms with Crippen LogP contribution in [0, 0.1) is 39.4 Å². The fourth-order valence-corrected chi connectivity index (χ4v) is 9.48. The molecule has 0 aromatic carbocycles. The zero-order chi connectivity index (χ0) is 31.3. The molecule has 4 aliphatic carbocycles. The van der Waals surface area contributed by atoms with Gasteiger partial charge >= 0.3 is 5.97 Å². The fourth-order valence-electron chi connectivity index (χ4n) is 9.48. The zero-order valence-electron chi connectivity index (χ0n) is 25.6. The molecule has 3 saturated carbocycles. The van der Waals surface area contributed by atoms with E-state index in [2.05, 4.69) is 0 Å². The Hall–Kier alpha value is -2.20. The number of esters is 1. The van der Waals surface area contributed by atoms with Gasteiger partial charge in [-0.25, -0.2) is 0 Å². The summed E-state index contributed by atoms with van der Waals surface area (Å²) in [5.74, 6) is -4.00. The Balaban J connectivity index is 1.79. The molecule has 9 heteroatoms. The van der Waals surface area contributed by atoms with Crippen molar-refractivity contribution in [3.8, 4) is 0 Å². The molecule has 0 heterocycles. The largest absolute Gasteiger partial charge is 0.456 e. The number of hydrogen-bond donors (Lipinski definition) is 4. The van der Waals surface area contributed by atoms with E-state index in [0.717, 1.165) is 6.08 Å². The number of fused-ring (bicyclic) bond motifs is 5. The van der Waals surface area contributed by atoms with Gasteiger partial charge in [-0.15, -0.1) is 0 Å². The Morgan fingerprint density at radius 2 is 1.61 bits per heavy atom. The number of rotatable bonds is 5. The van der Waals surface area contributed by atoms with Crippen LogP contribution >= 0.6 is 0 Å². The van der Waals surface area contributed by atoms with Crippen LogP contribution in [0.4, 0.5) is 0 Å². The number of aliphatic hydroxyl groups is 4. The first kappa shape index (κ1) is 31.7. The molecule has 0 amide bonds. The van der Waals surface area contributed by atoms with Crippen molar-refractivity contribution < 1.29 is 44.3 Å². The van der Waals surface area contributed by atoms with Crippen molar-refractivity contribution in [2.45, 2.75) is 111 Å². The standard InChI is InChI=1S/C32H46O9/c1-16(33)41-27(2,3)11-10-22(37)32(9,40)25-21(36)14-29(6)24-19(34)12-17-18(13-20(35)26(39)28(17,4)5)31(24,8)23(38)15-30(25,29)7/h10-12,18-21,24-25,34-36,40H,13-15H2,1-9H3/b11-10+/t18-,19+,20+,21-,24+,25+,29+,30-,31-,32+/m1/s1. The highest BCUT2D eigenvalue weighted by Gasteiger charge is 2.76. The van der Waals surface area contributed by atoms with Gasteiger partial charge in [0.1, 0.15) is 23.1 Å². The lowest BCUT2D eigenvalue weighted by molar-refractivity contribution is -0.196. The van der Waals surface area contributed by atoms with Crippen molar-refractivity contribution in [1.82, 2.24) is 0 Å². The second kappa shape index (κ2) is 9.40. The van der Waals surface area contributed by atoms with Gasteiger partial charge in [0.15, 0.2) is 11.6 Å². The molecule has 4 N–H and O–H groups in total. The molecular weight excluding hydrogens is 528 g/mol. The van der Waals surface area contributed by atoms with Crippen molar-refractivity contribution in [2.24, 2.45) is 39.4 Å². The number of aliphatic hydroxyl groups excluding tert-OH is 3. The minimum atomic E-state index is -2.08. The Labute approximate surface area is 242 Å². The summed E-state index contributed by atoms with van der Waals surface area (Å²) >= 11 is 0. The third kappa shape index (κ3) is 4.33. The first-order valence-corrected chi connectivity index (χ1v) is 14.5. The molecule has 10 atom stereocenters. The van der Waals surface area contributed by atoms with Crippen LogP contribution in [0.1, 0.15) is 81.6 Å². The highest BCUT2D eigenvalue weighted by Crippen LogP contribution is 2.74. The van der Waals surface area contributed by atoms with Crippen molar-refractivity contribution in [3.05, 3.63) is 23.8 Å². The summed E-state index contributed by atoms with van der Waals surface area (Å²) in [7, 11) is 0. The van der Waals surface area contributed by atoms with Crippen LogP contribution in [-0.2, 0) is 23.9 Å². The minimum absolute atomic E-state index is 0.0642. The lowest BCUT2D eigenvalue weighted by Gasteiger charge is -2.65. The number of ether oxygens (including phenoxy) is 1. The highest BCUT2D eigenvalue weighted by atomic mass is 16.6. The molecule has 0 bridgehead atoms. The van der Waals surface area contributed by atoms with Crippen molar-refractivity contribution in [3.63, 3.8) is 0 Å². The molecule has 9 nitrogen and oxygen atoms in total. The Bertz CT molecular complexity index is 1240. The quantitative estimate of drug-likeness (QED) is 0.220. The van der Waals surface area contributed by atoms with Gasteiger partial charge in [0, 0.05) is 36.0 Å². The van der Waals surface area contributed by atoms with Crippen molar-refractivity contribution in [2.75, 3.05) is 0 Å². The minimum Gasteiger partial charge on any atom is -0.456 e. The summed E-state index contributed by atoms with van der Waals surface area (Å²) in [6.07, 6.45) is 0.793. The van der Waals surface area contributed by atoms with Crippen LogP contribution < -0.4 is 0 Å². The maximum Gasteiger partial charge on any atom is 0.303 e. The SMILES string of the molecule is CC(=O)OC(C)(C)/C=C/C(=O)[C@](C)(O)[C@H]1[C@H](O)C[C@@]2(C)[C@@H]3[C@@H](O)C=C4[C@@H](C[C@H](O)C(=O)C4(C)C)[C@]3(C)C(=O)C[C@]12C. The van der Waals surface area contributed by atoms with Gasteiger partial charge in [0.05, 0.1) is 12.2 Å². The molecule has 41 heavy (non-hydrogen) atoms. The van der Waals surface area contributed by atoms with Crippen LogP contribution in [0.15, 0.2) is 23.8 Å². The molecule has 0 unspecified atom stereocenters. The summed E-state index contributed by atoms with van der Waals surface area (Å²) in [5.41, 5.74) is -6.73. The molecule has 0 radical (unpaired) electrons. The van der Waals surface area contributed by atoms with Gasteiger partial charge in [0.2, 0.25) is 0 Å². The molecule has 4 aliphatic rings. The van der Waals surface area contributed by atoms with Crippen LogP contribution in [0.5, 0.6) is 0 Å². The van der Waals surface area contributed by atoms with Crippen molar-refractivity contribution >= 4 is 23.3 Å². The van der Waals surface area contributed by atoms with E-state index < -0.39 is 80.7 Å². The molecule has 228 valence electrons. The average Bonchev–Trinajstić information content (AvgIpc) is 3.01. The number of ketones is 3. The first-order valence-electron chi connectivity index (χ1n) is 14.5. The van der Waals surface area contributed by atoms with Crippen LogP contribution in [0.3, 0.4) is 0 Å². The number of carbonyl (C=O) groups excluding carboxylic acids is 4. The third-order valence-electron chi connectivity index (χ3n) is 11.5. The Kier molecular flexibility index (Phi) is 7.27. The van der Waals surface area contributed by atoms with Crippen LogP contribution in [-0.4, -0.2) is 73.3 Å². The topological polar surface area (TPSA) is 158 Å². The summed E-state index contributed by atoms with van der Waals surface area (Å²) in [5, 5.41) is 45.7. The number of hydrogen-bond acceptors (Lipinski definition) is 9. The Morgan fingerprint density at radius 1 is 1.02 bits per heavy atom. The van der Waals surface area contributed by atoms with Gasteiger partial charge in [-0.1, -0.05) is 32.4 Å². The lowest BCUT2D eigenvalue weighted by atomic mass is 9.38. The van der Waals surface area contributed by atoms with Gasteiger partial charge in [-0.2, -0.15) is 0 Å². The molecule has 4 rings (SSSR count). The van der Waals surface area contributed by atoms with E-state index in [9.17, 15) is 39.6 Å². The predicted molar refractivity (Wildman–Crippen MR) is 149 cm³/mol. The zero-order valence-corrected chi connectivity index (χ0v) is 25.6. The van der Waals surface area contributed by atoms with E-state index in [1.807, 2.05) is 6.92 Å². The fraction of sp³-hybridized carbons (Fsp3) is 0.750. The van der Waals surface area contributed by atoms with E-state index >= 15 is 0 Å². The molecule has 0 spiro atoms. The molecule has 3 fully saturated rings. The second-order valence-electron chi connectivity index (χ2n) is 14.9. The molecule has 0 aromatic rings. The van der Waals surface area contributed by atoms with Crippen molar-refractivity contribution in [1.29, 1.82) is 0 Å². The smallest absolute Gasteiger partial charge is 0.303 e. The predicted octanol–water partition coefficient (Wildman–Crippen LogP) is 2.47. The summed E-state index contributed by atoms with van der Waals surface area (Å²) in [6.45, 7) is 14.7. The summed E-state index contributed by atoms with van der Waals surface area (Å²) in [4.78, 5) is 52.1. The Morgan fingerprint density at radius 3 is 2.17 bits per heavy atom. The van der Waals surface area contributed by atoms with Gasteiger partial charge in [-0.3, -0.25) is 19.2 Å². The molecular formula is C32H46O9. The summed E-state index contributed by atoms with van der Waals surface area (Å²) < 4.78 is 5.21. The third-order valence-corrected chi connectivity index (χ3v) is 11.5. The van der Waals surface area contributed by atoms with Gasteiger partial charge < -0.3 is 25.2 Å². The van der Waals surface area contributed by atoms with E-state index in [-0.39, 0.29) is 30.8 Å². The summed E-state index contributed by atoms with van der Waals surface area (Å²) in [6, 6.07) is 0. The van der Waals surface area contributed by atoms with E-state index in [1.165, 1.54) is 19.9 Å². The average molecular weight is 575 g/mol. The normalized spacial score (nSPS) is 43.5. The maximum atomic E-state index is 14.3. The number of carbonyl (C=O) groups is 4. The first-order chi connectivity index (χ1) is 18.5. The van der Waals surface area contributed by atoms with Gasteiger partial charge in [-0.05, 0) is 76.4 Å². The lowest BCUT2D eigenvalue weighted by Crippen LogP contribution is -2.68. The van der Waals surface area contributed by atoms with E-state index in [0.29, 0.717) is 5.57 Å². The van der Waals surface area contributed by atoms with Gasteiger partial charge in [0.25, 0.3) is 0 Å². The van der Waals surface area contributed by atoms with Crippen LogP contribution in [0.25, 0.3) is 0 Å². The van der Waals surface area contributed by atoms with Crippen LogP contribution in [0.2, 0.25) is 0 Å². The molecule has 0 saturated heterocycles. The monoisotopic (exact) mass is 574 g/mol. The molecule has 0 aliphatic heterocycles. The maximum absolute atomic E-state index is 14.3. The number of Topliss-reactive ketones (excluding diaryl/α,β-unsaturated/α-hetero) is 2.